The molecule has 1 atom stereocenters. The van der Waals surface area contributed by atoms with Crippen LogP contribution in [0.3, 0.4) is 0 Å². The maximum absolute atomic E-state index is 12.0. The molecule has 1 unspecified atom stereocenters. The standard InChI is InChI=1S/C18H28N2O2S/c1-18(2,3)22-17(21)20(4)12-14-6-5-7-16(10-14)19-11-15-8-9-23-13-15/h5-7,10,15,19H,8-9,11-13H2,1-4H3. The minimum absolute atomic E-state index is 0.293. The Hall–Kier alpha value is -1.36. The molecule has 0 aliphatic carbocycles. The fraction of sp³-hybridized carbons (Fsp3) is 0.611. The Balaban J connectivity index is 1.87. The second-order valence-corrected chi connectivity index (χ2v) is 8.30. The van der Waals surface area contributed by atoms with E-state index in [0.29, 0.717) is 6.54 Å². The van der Waals surface area contributed by atoms with Crippen LogP contribution in [0, 0.1) is 5.92 Å². The van der Waals surface area contributed by atoms with E-state index in [2.05, 4.69) is 17.4 Å². The summed E-state index contributed by atoms with van der Waals surface area (Å²) in [4.78, 5) is 13.6. The van der Waals surface area contributed by atoms with Crippen molar-refractivity contribution in [1.29, 1.82) is 0 Å². The Morgan fingerprint density at radius 1 is 1.43 bits per heavy atom. The molecule has 128 valence electrons. The summed E-state index contributed by atoms with van der Waals surface area (Å²) >= 11 is 2.04. The van der Waals surface area contributed by atoms with Crippen LogP contribution in [0.1, 0.15) is 32.8 Å². The van der Waals surface area contributed by atoms with Crippen LogP contribution >= 0.6 is 11.8 Å². The highest BCUT2D eigenvalue weighted by atomic mass is 32.2. The fourth-order valence-electron chi connectivity index (χ4n) is 2.46. The molecular formula is C18H28N2O2S. The largest absolute Gasteiger partial charge is 0.444 e. The number of hydrogen-bond donors (Lipinski definition) is 1. The third-order valence-electron chi connectivity index (χ3n) is 3.67. The van der Waals surface area contributed by atoms with Crippen molar-refractivity contribution in [3.63, 3.8) is 0 Å². The van der Waals surface area contributed by atoms with E-state index in [0.717, 1.165) is 23.7 Å². The van der Waals surface area contributed by atoms with Gasteiger partial charge >= 0.3 is 6.09 Å². The molecule has 1 heterocycles. The van der Waals surface area contributed by atoms with Crippen molar-refractivity contribution >= 4 is 23.5 Å². The molecule has 0 spiro atoms. The average molecular weight is 337 g/mol. The Kier molecular flexibility index (Phi) is 6.22. The number of thioether (sulfide) groups is 1. The number of hydrogen-bond acceptors (Lipinski definition) is 4. The molecule has 1 aliphatic rings. The maximum Gasteiger partial charge on any atom is 0.410 e. The number of nitrogens with zero attached hydrogens (tertiary/aromatic N) is 1. The normalized spacial score (nSPS) is 17.8. The van der Waals surface area contributed by atoms with E-state index in [1.165, 1.54) is 17.9 Å². The van der Waals surface area contributed by atoms with E-state index in [1.807, 2.05) is 44.7 Å². The molecule has 1 aliphatic heterocycles. The predicted octanol–water partition coefficient (Wildman–Crippen LogP) is 4.22. The van der Waals surface area contributed by atoms with E-state index in [4.69, 9.17) is 4.74 Å². The number of carbonyl (C=O) groups excluding carboxylic acids is 1. The van der Waals surface area contributed by atoms with Gasteiger partial charge in [-0.25, -0.2) is 4.79 Å². The molecule has 1 fully saturated rings. The predicted molar refractivity (Wildman–Crippen MR) is 98.1 cm³/mol. The first-order chi connectivity index (χ1) is 10.8. The average Bonchev–Trinajstić information content (AvgIpc) is 2.97. The van der Waals surface area contributed by atoms with Gasteiger partial charge < -0.3 is 15.0 Å². The molecule has 1 saturated heterocycles. The molecule has 23 heavy (non-hydrogen) atoms. The Labute approximate surface area is 144 Å². The van der Waals surface area contributed by atoms with Crippen LogP contribution < -0.4 is 5.32 Å². The number of nitrogens with one attached hydrogen (secondary N) is 1. The number of ether oxygens (including phenoxy) is 1. The molecule has 0 bridgehead atoms. The molecule has 4 nitrogen and oxygen atoms in total. The second kappa shape index (κ2) is 7.95. The van der Waals surface area contributed by atoms with Gasteiger partial charge in [-0.3, -0.25) is 0 Å². The summed E-state index contributed by atoms with van der Waals surface area (Å²) in [5.41, 5.74) is 1.76. The highest BCUT2D eigenvalue weighted by Crippen LogP contribution is 2.24. The first-order valence-corrected chi connectivity index (χ1v) is 9.33. The number of carbonyl (C=O) groups is 1. The van der Waals surface area contributed by atoms with Gasteiger partial charge in [0.2, 0.25) is 0 Å². The van der Waals surface area contributed by atoms with Crippen molar-refractivity contribution in [2.45, 2.75) is 39.3 Å². The fourth-order valence-corrected chi connectivity index (χ4v) is 3.75. The first-order valence-electron chi connectivity index (χ1n) is 8.18. The highest BCUT2D eigenvalue weighted by Gasteiger charge is 2.19. The van der Waals surface area contributed by atoms with Gasteiger partial charge in [0.15, 0.2) is 0 Å². The maximum atomic E-state index is 12.0. The molecule has 2 rings (SSSR count). The summed E-state index contributed by atoms with van der Waals surface area (Å²) in [7, 11) is 1.77. The zero-order valence-corrected chi connectivity index (χ0v) is 15.4. The van der Waals surface area contributed by atoms with Crippen molar-refractivity contribution < 1.29 is 9.53 Å². The van der Waals surface area contributed by atoms with Gasteiger partial charge in [-0.1, -0.05) is 12.1 Å². The molecule has 0 aromatic heterocycles. The molecule has 1 N–H and O–H groups in total. The lowest BCUT2D eigenvalue weighted by Crippen LogP contribution is -2.33. The topological polar surface area (TPSA) is 41.6 Å². The quantitative estimate of drug-likeness (QED) is 0.874. The van der Waals surface area contributed by atoms with Gasteiger partial charge in [0.05, 0.1) is 0 Å². The Morgan fingerprint density at radius 2 is 2.22 bits per heavy atom. The van der Waals surface area contributed by atoms with Crippen molar-refractivity contribution in [1.82, 2.24) is 4.90 Å². The molecule has 0 radical (unpaired) electrons. The summed E-state index contributed by atoms with van der Waals surface area (Å²) in [5.74, 6) is 3.31. The number of benzene rings is 1. The van der Waals surface area contributed by atoms with Crippen molar-refractivity contribution in [3.05, 3.63) is 29.8 Å². The minimum atomic E-state index is -0.464. The molecule has 1 aromatic rings. The van der Waals surface area contributed by atoms with Crippen molar-refractivity contribution in [3.8, 4) is 0 Å². The summed E-state index contributed by atoms with van der Waals surface area (Å²) in [6.45, 7) is 7.21. The van der Waals surface area contributed by atoms with E-state index in [-0.39, 0.29) is 6.09 Å². The number of amides is 1. The van der Waals surface area contributed by atoms with Crippen LogP contribution in [-0.2, 0) is 11.3 Å². The van der Waals surface area contributed by atoms with Crippen molar-refractivity contribution in [2.75, 3.05) is 30.4 Å². The molecule has 1 amide bonds. The van der Waals surface area contributed by atoms with Gasteiger partial charge in [-0.15, -0.1) is 0 Å². The minimum Gasteiger partial charge on any atom is -0.444 e. The molecule has 5 heteroatoms. The summed E-state index contributed by atoms with van der Waals surface area (Å²) in [6.07, 6.45) is 1.01. The SMILES string of the molecule is CN(Cc1cccc(NCC2CCSC2)c1)C(=O)OC(C)(C)C. The molecular weight excluding hydrogens is 308 g/mol. The molecule has 0 saturated carbocycles. The zero-order chi connectivity index (χ0) is 16.9. The third kappa shape index (κ3) is 6.34. The van der Waals surface area contributed by atoms with Crippen LogP contribution in [0.15, 0.2) is 24.3 Å². The number of anilines is 1. The van der Waals surface area contributed by atoms with Crippen LogP contribution in [-0.4, -0.2) is 41.7 Å². The van der Waals surface area contributed by atoms with Gasteiger partial charge in [0, 0.05) is 25.8 Å². The first kappa shape index (κ1) is 18.0. The van der Waals surface area contributed by atoms with Gasteiger partial charge in [-0.05, 0) is 62.3 Å². The number of rotatable bonds is 5. The molecule has 1 aromatic carbocycles. The van der Waals surface area contributed by atoms with Gasteiger partial charge in [0.1, 0.15) is 5.60 Å². The lowest BCUT2D eigenvalue weighted by molar-refractivity contribution is 0.0285. The van der Waals surface area contributed by atoms with Crippen LogP contribution in [0.5, 0.6) is 0 Å². The van der Waals surface area contributed by atoms with Crippen LogP contribution in [0.25, 0.3) is 0 Å². The Morgan fingerprint density at radius 3 is 2.87 bits per heavy atom. The highest BCUT2D eigenvalue weighted by molar-refractivity contribution is 7.99. The lowest BCUT2D eigenvalue weighted by atomic mass is 10.1. The van der Waals surface area contributed by atoms with E-state index in [9.17, 15) is 4.79 Å². The third-order valence-corrected chi connectivity index (χ3v) is 4.90. The van der Waals surface area contributed by atoms with Gasteiger partial charge in [-0.2, -0.15) is 11.8 Å². The monoisotopic (exact) mass is 336 g/mol. The van der Waals surface area contributed by atoms with Crippen molar-refractivity contribution in [2.24, 2.45) is 5.92 Å². The van der Waals surface area contributed by atoms with E-state index < -0.39 is 5.60 Å². The van der Waals surface area contributed by atoms with Crippen LogP contribution in [0.4, 0.5) is 10.5 Å². The smallest absolute Gasteiger partial charge is 0.410 e. The van der Waals surface area contributed by atoms with Crippen LogP contribution in [0.2, 0.25) is 0 Å². The van der Waals surface area contributed by atoms with E-state index >= 15 is 0 Å². The lowest BCUT2D eigenvalue weighted by Gasteiger charge is -2.24. The zero-order valence-electron chi connectivity index (χ0n) is 14.6. The van der Waals surface area contributed by atoms with Gasteiger partial charge in [0.25, 0.3) is 0 Å². The summed E-state index contributed by atoms with van der Waals surface area (Å²) in [6, 6.07) is 8.27. The Bertz CT molecular complexity index is 522. The van der Waals surface area contributed by atoms with E-state index in [1.54, 1.807) is 11.9 Å². The summed E-state index contributed by atoms with van der Waals surface area (Å²) in [5, 5.41) is 3.52. The second-order valence-electron chi connectivity index (χ2n) is 7.15. The summed E-state index contributed by atoms with van der Waals surface area (Å²) < 4.78 is 5.39.